The number of hydrogen-bond acceptors (Lipinski definition) is 5. The molecule has 2 aliphatic rings. The first-order chi connectivity index (χ1) is 13.6. The van der Waals surface area contributed by atoms with E-state index in [9.17, 15) is 9.59 Å². The molecule has 4 rings (SSSR count). The van der Waals surface area contributed by atoms with Gasteiger partial charge in [0, 0.05) is 19.1 Å². The van der Waals surface area contributed by atoms with Crippen LogP contribution in [-0.4, -0.2) is 68.6 Å². The van der Waals surface area contributed by atoms with Gasteiger partial charge in [-0.2, -0.15) is 9.90 Å². The predicted molar refractivity (Wildman–Crippen MR) is 102 cm³/mol. The summed E-state index contributed by atoms with van der Waals surface area (Å²) in [6.07, 6.45) is 2.16. The Kier molecular flexibility index (Phi) is 5.02. The van der Waals surface area contributed by atoms with E-state index in [4.69, 9.17) is 4.74 Å². The Morgan fingerprint density at radius 3 is 2.57 bits per heavy atom. The quantitative estimate of drug-likeness (QED) is 0.810. The van der Waals surface area contributed by atoms with Gasteiger partial charge in [0.25, 0.3) is 5.91 Å². The van der Waals surface area contributed by atoms with E-state index in [-0.39, 0.29) is 24.1 Å². The first kappa shape index (κ1) is 18.5. The van der Waals surface area contributed by atoms with Gasteiger partial charge in [-0.05, 0) is 38.3 Å². The minimum atomic E-state index is -0.224. The molecule has 8 nitrogen and oxygen atoms in total. The first-order valence-electron chi connectivity index (χ1n) is 9.82. The number of rotatable bonds is 4. The minimum Gasteiger partial charge on any atom is -0.447 e. The molecule has 1 aromatic heterocycles. The number of piperidine rings is 1. The number of likely N-dealkylation sites (tertiary alicyclic amines) is 1. The second kappa shape index (κ2) is 7.61. The van der Waals surface area contributed by atoms with E-state index in [0.717, 1.165) is 24.9 Å². The third-order valence-electron chi connectivity index (χ3n) is 5.59. The summed E-state index contributed by atoms with van der Waals surface area (Å²) in [5, 5.41) is 8.81. The van der Waals surface area contributed by atoms with E-state index in [1.54, 1.807) is 6.92 Å². The van der Waals surface area contributed by atoms with Crippen molar-refractivity contribution >= 4 is 12.0 Å². The third kappa shape index (κ3) is 3.34. The monoisotopic (exact) mass is 383 g/mol. The molecular weight excluding hydrogens is 358 g/mol. The molecule has 0 aliphatic carbocycles. The minimum absolute atomic E-state index is 0.103. The van der Waals surface area contributed by atoms with Crippen molar-refractivity contribution < 1.29 is 14.3 Å². The van der Waals surface area contributed by atoms with Crippen LogP contribution in [0.3, 0.4) is 0 Å². The van der Waals surface area contributed by atoms with Crippen LogP contribution in [0.1, 0.15) is 42.4 Å². The zero-order valence-electron chi connectivity index (χ0n) is 16.2. The number of aryl methyl sites for hydroxylation is 1. The number of nitrogens with zero attached hydrogens (tertiary/aromatic N) is 5. The molecule has 8 heteroatoms. The summed E-state index contributed by atoms with van der Waals surface area (Å²) in [5.41, 5.74) is 1.82. The van der Waals surface area contributed by atoms with Crippen molar-refractivity contribution in [1.82, 2.24) is 24.8 Å². The summed E-state index contributed by atoms with van der Waals surface area (Å²) >= 11 is 0. The van der Waals surface area contributed by atoms with Gasteiger partial charge in [-0.25, -0.2) is 4.79 Å². The van der Waals surface area contributed by atoms with Crippen LogP contribution in [0.5, 0.6) is 0 Å². The van der Waals surface area contributed by atoms with Crippen molar-refractivity contribution in [3.8, 4) is 5.69 Å². The molecule has 3 heterocycles. The van der Waals surface area contributed by atoms with E-state index < -0.39 is 0 Å². The number of aromatic nitrogens is 3. The second-order valence-electron chi connectivity index (χ2n) is 7.33. The average molecular weight is 383 g/mol. The van der Waals surface area contributed by atoms with Gasteiger partial charge in [-0.3, -0.25) is 9.69 Å². The zero-order valence-corrected chi connectivity index (χ0v) is 16.2. The molecule has 28 heavy (non-hydrogen) atoms. The lowest BCUT2D eigenvalue weighted by Crippen LogP contribution is -2.49. The smallest absolute Gasteiger partial charge is 0.410 e. The topological polar surface area (TPSA) is 80.6 Å². The summed E-state index contributed by atoms with van der Waals surface area (Å²) < 4.78 is 5.21. The van der Waals surface area contributed by atoms with Crippen LogP contribution in [0.15, 0.2) is 30.3 Å². The molecular formula is C20H25N5O3. The summed E-state index contributed by atoms with van der Waals surface area (Å²) in [7, 11) is 0. The molecule has 1 aromatic carbocycles. The van der Waals surface area contributed by atoms with Crippen LogP contribution in [0.4, 0.5) is 4.79 Å². The Labute approximate surface area is 164 Å². The second-order valence-corrected chi connectivity index (χ2v) is 7.33. The van der Waals surface area contributed by atoms with E-state index in [2.05, 4.69) is 17.1 Å². The van der Waals surface area contributed by atoms with Gasteiger partial charge in [0.1, 0.15) is 6.61 Å². The summed E-state index contributed by atoms with van der Waals surface area (Å²) in [6.45, 7) is 5.54. The van der Waals surface area contributed by atoms with Crippen LogP contribution in [0, 0.1) is 6.92 Å². The van der Waals surface area contributed by atoms with Gasteiger partial charge in [-0.1, -0.05) is 25.1 Å². The predicted octanol–water partition coefficient (Wildman–Crippen LogP) is 2.41. The molecule has 2 amide bonds. The number of amides is 2. The van der Waals surface area contributed by atoms with Gasteiger partial charge in [-0.15, -0.1) is 5.10 Å². The normalized spacial score (nSPS) is 20.5. The van der Waals surface area contributed by atoms with Gasteiger partial charge < -0.3 is 9.64 Å². The number of hydrogen-bond donors (Lipinski definition) is 0. The van der Waals surface area contributed by atoms with Gasteiger partial charge in [0.05, 0.1) is 17.4 Å². The van der Waals surface area contributed by atoms with Gasteiger partial charge >= 0.3 is 6.09 Å². The number of benzene rings is 1. The average Bonchev–Trinajstić information content (AvgIpc) is 3.30. The van der Waals surface area contributed by atoms with Crippen LogP contribution < -0.4 is 0 Å². The van der Waals surface area contributed by atoms with E-state index in [1.165, 1.54) is 4.80 Å². The van der Waals surface area contributed by atoms with Crippen LogP contribution >= 0.6 is 0 Å². The summed E-state index contributed by atoms with van der Waals surface area (Å²) in [5.74, 6) is -0.103. The Balaban J connectivity index is 1.43. The van der Waals surface area contributed by atoms with Crippen molar-refractivity contribution in [2.24, 2.45) is 0 Å². The molecule has 1 atom stereocenters. The molecule has 0 bridgehead atoms. The van der Waals surface area contributed by atoms with Gasteiger partial charge in [0.2, 0.25) is 0 Å². The Morgan fingerprint density at radius 2 is 1.89 bits per heavy atom. The van der Waals surface area contributed by atoms with E-state index in [1.807, 2.05) is 40.1 Å². The highest BCUT2D eigenvalue weighted by molar-refractivity contribution is 5.93. The molecule has 1 unspecified atom stereocenters. The zero-order chi connectivity index (χ0) is 19.7. The number of cyclic esters (lactones) is 1. The number of para-hydroxylation sites is 1. The summed E-state index contributed by atoms with van der Waals surface area (Å²) in [6, 6.07) is 9.82. The Hall–Kier alpha value is -2.90. The molecule has 2 aliphatic heterocycles. The van der Waals surface area contributed by atoms with Crippen LogP contribution in [0.2, 0.25) is 0 Å². The molecule has 2 aromatic rings. The maximum Gasteiger partial charge on any atom is 0.410 e. The molecule has 0 N–H and O–H groups in total. The molecule has 2 saturated heterocycles. The standard InChI is InChI=1S/C20H25N5O3/c1-3-15-13-28-20(27)24(15)16-9-11-23(12-10-16)19(26)18-14(2)21-25(22-18)17-7-5-4-6-8-17/h4-8,15-16H,3,9-13H2,1-2H3. The molecule has 0 spiro atoms. The van der Waals surface area contributed by atoms with Crippen LogP contribution in [0.25, 0.3) is 5.69 Å². The summed E-state index contributed by atoms with van der Waals surface area (Å²) in [4.78, 5) is 30.2. The number of ether oxygens (including phenoxy) is 1. The van der Waals surface area contributed by atoms with Crippen molar-refractivity contribution in [3.05, 3.63) is 41.7 Å². The van der Waals surface area contributed by atoms with E-state index in [0.29, 0.717) is 31.1 Å². The van der Waals surface area contributed by atoms with Crippen molar-refractivity contribution in [2.45, 2.75) is 45.2 Å². The lowest BCUT2D eigenvalue weighted by atomic mass is 10.0. The molecule has 0 saturated carbocycles. The van der Waals surface area contributed by atoms with Crippen molar-refractivity contribution in [2.75, 3.05) is 19.7 Å². The number of carbonyl (C=O) groups excluding carboxylic acids is 2. The SMILES string of the molecule is CCC1COC(=O)N1C1CCN(C(=O)c2nn(-c3ccccc3)nc2C)CC1. The lowest BCUT2D eigenvalue weighted by Gasteiger charge is -2.37. The fourth-order valence-electron chi connectivity index (χ4n) is 3.98. The van der Waals surface area contributed by atoms with E-state index >= 15 is 0 Å². The fourth-order valence-corrected chi connectivity index (χ4v) is 3.98. The van der Waals surface area contributed by atoms with Crippen LogP contribution in [-0.2, 0) is 4.74 Å². The molecule has 2 fully saturated rings. The van der Waals surface area contributed by atoms with Crippen molar-refractivity contribution in [3.63, 3.8) is 0 Å². The maximum absolute atomic E-state index is 13.0. The largest absolute Gasteiger partial charge is 0.447 e. The highest BCUT2D eigenvalue weighted by atomic mass is 16.6. The van der Waals surface area contributed by atoms with Crippen molar-refractivity contribution in [1.29, 1.82) is 0 Å². The van der Waals surface area contributed by atoms with Gasteiger partial charge in [0.15, 0.2) is 5.69 Å². The third-order valence-corrected chi connectivity index (χ3v) is 5.59. The highest BCUT2D eigenvalue weighted by Gasteiger charge is 2.39. The molecule has 148 valence electrons. The Bertz CT molecular complexity index is 858. The first-order valence-corrected chi connectivity index (χ1v) is 9.82. The highest BCUT2D eigenvalue weighted by Crippen LogP contribution is 2.26. The lowest BCUT2D eigenvalue weighted by molar-refractivity contribution is 0.0629. The maximum atomic E-state index is 13.0. The fraction of sp³-hybridized carbons (Fsp3) is 0.500. The molecule has 0 radical (unpaired) electrons. The number of carbonyl (C=O) groups is 2. The Morgan fingerprint density at radius 1 is 1.18 bits per heavy atom.